The highest BCUT2D eigenvalue weighted by Gasteiger charge is 2.34. The monoisotopic (exact) mass is 293 g/mol. The molecule has 1 aliphatic rings. The first-order valence-electron chi connectivity index (χ1n) is 7.19. The van der Waals surface area contributed by atoms with Crippen molar-refractivity contribution < 1.29 is 14.3 Å². The van der Waals surface area contributed by atoms with E-state index in [1.165, 1.54) is 0 Å². The van der Waals surface area contributed by atoms with Gasteiger partial charge in [-0.2, -0.15) is 0 Å². The second-order valence-electron chi connectivity index (χ2n) is 5.03. The maximum Gasteiger partial charge on any atom is 0.309 e. The summed E-state index contributed by atoms with van der Waals surface area (Å²) in [5, 5.41) is 0. The first-order valence-corrected chi connectivity index (χ1v) is 7.19. The Morgan fingerprint density at radius 2 is 2.00 bits per heavy atom. The van der Waals surface area contributed by atoms with Crippen molar-refractivity contribution in [2.45, 2.75) is 52.0 Å². The normalized spacial score (nSPS) is 26.6. The molecule has 2 N–H and O–H groups in total. The van der Waals surface area contributed by atoms with E-state index in [0.717, 1.165) is 45.3 Å². The van der Waals surface area contributed by atoms with Crippen LogP contribution in [-0.2, 0) is 14.3 Å². The minimum absolute atomic E-state index is 0. The topological polar surface area (TPSA) is 61.5 Å². The highest BCUT2D eigenvalue weighted by molar-refractivity contribution is 5.85. The minimum Gasteiger partial charge on any atom is -0.466 e. The summed E-state index contributed by atoms with van der Waals surface area (Å²) in [4.78, 5) is 11.9. The summed E-state index contributed by atoms with van der Waals surface area (Å²) < 4.78 is 10.5. The first kappa shape index (κ1) is 18.7. The molecular weight excluding hydrogens is 266 g/mol. The second kappa shape index (κ2) is 10.5. The van der Waals surface area contributed by atoms with Gasteiger partial charge in [0.2, 0.25) is 0 Å². The van der Waals surface area contributed by atoms with E-state index < -0.39 is 0 Å². The van der Waals surface area contributed by atoms with Gasteiger partial charge in [-0.1, -0.05) is 0 Å². The molecule has 0 aromatic heterocycles. The molecule has 0 bridgehead atoms. The average molecular weight is 294 g/mol. The smallest absolute Gasteiger partial charge is 0.309 e. The molecule has 5 heteroatoms. The Morgan fingerprint density at radius 3 is 2.63 bits per heavy atom. The van der Waals surface area contributed by atoms with Gasteiger partial charge in [0.1, 0.15) is 0 Å². The predicted molar refractivity (Wildman–Crippen MR) is 78.4 cm³/mol. The lowest BCUT2D eigenvalue weighted by atomic mass is 9.75. The number of carbonyl (C=O) groups excluding carboxylic acids is 1. The summed E-state index contributed by atoms with van der Waals surface area (Å²) in [7, 11) is 0. The molecule has 0 unspecified atom stereocenters. The maximum atomic E-state index is 11.9. The molecular formula is C14H28ClNO3. The zero-order chi connectivity index (χ0) is 13.4. The van der Waals surface area contributed by atoms with E-state index in [-0.39, 0.29) is 30.3 Å². The molecule has 0 aromatic rings. The van der Waals surface area contributed by atoms with E-state index in [1.807, 2.05) is 13.8 Å². The highest BCUT2D eigenvalue weighted by atomic mass is 35.5. The molecule has 0 heterocycles. The molecule has 0 aromatic carbocycles. The third-order valence-corrected chi connectivity index (χ3v) is 3.68. The van der Waals surface area contributed by atoms with Gasteiger partial charge < -0.3 is 15.2 Å². The lowest BCUT2D eigenvalue weighted by Crippen LogP contribution is -2.37. The van der Waals surface area contributed by atoms with Crippen LogP contribution in [0.15, 0.2) is 0 Å². The van der Waals surface area contributed by atoms with Crippen LogP contribution in [0.5, 0.6) is 0 Å². The van der Waals surface area contributed by atoms with Crippen molar-refractivity contribution in [1.29, 1.82) is 0 Å². The minimum atomic E-state index is -0.0363. The summed E-state index contributed by atoms with van der Waals surface area (Å²) in [5.41, 5.74) is 6.01. The maximum absolute atomic E-state index is 11.9. The summed E-state index contributed by atoms with van der Waals surface area (Å²) in [6.07, 6.45) is 4.76. The Kier molecular flexibility index (Phi) is 10.3. The van der Waals surface area contributed by atoms with Gasteiger partial charge in [0.05, 0.1) is 12.5 Å². The van der Waals surface area contributed by atoms with Crippen LogP contribution in [0.25, 0.3) is 0 Å². The molecule has 1 rings (SSSR count). The number of esters is 1. The summed E-state index contributed by atoms with van der Waals surface area (Å²) in [6.45, 7) is 5.85. The van der Waals surface area contributed by atoms with Crippen molar-refractivity contribution in [3.8, 4) is 0 Å². The van der Waals surface area contributed by atoms with Crippen molar-refractivity contribution in [1.82, 2.24) is 0 Å². The lowest BCUT2D eigenvalue weighted by molar-refractivity contribution is -0.151. The molecule has 4 nitrogen and oxygen atoms in total. The molecule has 0 amide bonds. The van der Waals surface area contributed by atoms with Crippen molar-refractivity contribution in [2.24, 2.45) is 17.6 Å². The number of ether oxygens (including phenoxy) is 2. The van der Waals surface area contributed by atoms with Crippen LogP contribution < -0.4 is 5.73 Å². The van der Waals surface area contributed by atoms with Crippen LogP contribution in [0, 0.1) is 11.8 Å². The fourth-order valence-corrected chi connectivity index (χ4v) is 2.77. The average Bonchev–Trinajstić information content (AvgIpc) is 2.35. The zero-order valence-corrected chi connectivity index (χ0v) is 12.9. The highest BCUT2D eigenvalue weighted by Crippen LogP contribution is 2.33. The number of hydrogen-bond donors (Lipinski definition) is 1. The van der Waals surface area contributed by atoms with Gasteiger partial charge in [0.15, 0.2) is 0 Å². The second-order valence-corrected chi connectivity index (χ2v) is 5.03. The lowest BCUT2D eigenvalue weighted by Gasteiger charge is -2.33. The predicted octanol–water partition coefficient (Wildman–Crippen LogP) is 2.53. The van der Waals surface area contributed by atoms with Crippen LogP contribution in [0.4, 0.5) is 0 Å². The Morgan fingerprint density at radius 1 is 1.26 bits per heavy atom. The van der Waals surface area contributed by atoms with Gasteiger partial charge in [0, 0.05) is 19.3 Å². The van der Waals surface area contributed by atoms with E-state index >= 15 is 0 Å². The van der Waals surface area contributed by atoms with Gasteiger partial charge in [-0.05, 0) is 51.9 Å². The number of nitrogens with two attached hydrogens (primary N) is 1. The zero-order valence-electron chi connectivity index (χ0n) is 12.1. The summed E-state index contributed by atoms with van der Waals surface area (Å²) in [5.74, 6) is 0.380. The van der Waals surface area contributed by atoms with Gasteiger partial charge >= 0.3 is 5.97 Å². The van der Waals surface area contributed by atoms with Crippen LogP contribution in [0.3, 0.4) is 0 Å². The van der Waals surface area contributed by atoms with Crippen LogP contribution in [0.1, 0.15) is 46.0 Å². The van der Waals surface area contributed by atoms with Gasteiger partial charge in [-0.25, -0.2) is 0 Å². The SMILES string of the molecule is CCOCCC[C@@H]1C[C@H](N)CC[C@@H]1C(=O)OCC.Cl. The summed E-state index contributed by atoms with van der Waals surface area (Å²) in [6, 6.07) is 0.243. The molecule has 0 radical (unpaired) electrons. The Hall–Kier alpha value is -0.320. The van der Waals surface area contributed by atoms with E-state index in [0.29, 0.717) is 12.5 Å². The molecule has 1 fully saturated rings. The number of carbonyl (C=O) groups is 1. The van der Waals surface area contributed by atoms with Gasteiger partial charge in [0.25, 0.3) is 0 Å². The quantitative estimate of drug-likeness (QED) is 0.579. The fraction of sp³-hybridized carbons (Fsp3) is 0.929. The molecule has 0 saturated heterocycles. The van der Waals surface area contributed by atoms with E-state index in [4.69, 9.17) is 15.2 Å². The van der Waals surface area contributed by atoms with Crippen molar-refractivity contribution in [3.63, 3.8) is 0 Å². The molecule has 0 spiro atoms. The Labute approximate surface area is 122 Å². The summed E-state index contributed by atoms with van der Waals surface area (Å²) >= 11 is 0. The van der Waals surface area contributed by atoms with Gasteiger partial charge in [-0.15, -0.1) is 12.4 Å². The molecule has 3 atom stereocenters. The molecule has 19 heavy (non-hydrogen) atoms. The largest absolute Gasteiger partial charge is 0.466 e. The van der Waals surface area contributed by atoms with Gasteiger partial charge in [-0.3, -0.25) is 4.79 Å². The van der Waals surface area contributed by atoms with E-state index in [1.54, 1.807) is 0 Å². The third kappa shape index (κ3) is 6.59. The van der Waals surface area contributed by atoms with Crippen LogP contribution >= 0.6 is 12.4 Å². The Bertz CT molecular complexity index is 251. The molecule has 0 aliphatic heterocycles. The van der Waals surface area contributed by atoms with E-state index in [9.17, 15) is 4.79 Å². The number of halogens is 1. The standard InChI is InChI=1S/C14H27NO3.ClH/c1-3-17-9-5-6-11-10-12(15)7-8-13(11)14(16)18-4-2;/h11-13H,3-10,15H2,1-2H3;1H/t11-,12-,13+;/m1./s1. The van der Waals surface area contributed by atoms with Crippen LogP contribution in [0.2, 0.25) is 0 Å². The van der Waals surface area contributed by atoms with Crippen molar-refractivity contribution in [3.05, 3.63) is 0 Å². The fourth-order valence-electron chi connectivity index (χ4n) is 2.77. The molecule has 114 valence electrons. The van der Waals surface area contributed by atoms with Crippen LogP contribution in [-0.4, -0.2) is 31.8 Å². The first-order chi connectivity index (χ1) is 8.69. The Balaban J connectivity index is 0.00000324. The molecule has 1 saturated carbocycles. The van der Waals surface area contributed by atoms with Crippen molar-refractivity contribution in [2.75, 3.05) is 19.8 Å². The van der Waals surface area contributed by atoms with E-state index in [2.05, 4.69) is 0 Å². The number of rotatable bonds is 7. The molecule has 1 aliphatic carbocycles. The third-order valence-electron chi connectivity index (χ3n) is 3.68. The van der Waals surface area contributed by atoms with Crippen molar-refractivity contribution >= 4 is 18.4 Å². The number of hydrogen-bond acceptors (Lipinski definition) is 4.